The number of nitrogens with two attached hydrogens (primary N) is 1. The molecular weight excluding hydrogens is 262 g/mol. The first-order valence-corrected chi connectivity index (χ1v) is 8.12. The molecule has 1 atom stereocenters. The SMILES string of the molecule is CCSc1ccc(C(N)Cc2cc(C)cc(C)c2)cc1. The van der Waals surface area contributed by atoms with E-state index in [0.29, 0.717) is 0 Å². The molecule has 2 aromatic carbocycles. The Morgan fingerprint density at radius 3 is 2.15 bits per heavy atom. The third-order valence-corrected chi connectivity index (χ3v) is 4.25. The molecule has 0 aliphatic carbocycles. The third kappa shape index (κ3) is 4.12. The lowest BCUT2D eigenvalue weighted by molar-refractivity contribution is 0.720. The lowest BCUT2D eigenvalue weighted by Crippen LogP contribution is -2.13. The van der Waals surface area contributed by atoms with Crippen molar-refractivity contribution in [3.05, 3.63) is 64.7 Å². The minimum absolute atomic E-state index is 0.0666. The normalized spacial score (nSPS) is 12.4. The van der Waals surface area contributed by atoms with Crippen molar-refractivity contribution in [3.8, 4) is 0 Å². The summed E-state index contributed by atoms with van der Waals surface area (Å²) >= 11 is 1.86. The maximum atomic E-state index is 6.34. The highest BCUT2D eigenvalue weighted by Crippen LogP contribution is 2.22. The Balaban J connectivity index is 2.08. The van der Waals surface area contributed by atoms with E-state index < -0.39 is 0 Å². The number of thioether (sulfide) groups is 1. The fraction of sp³-hybridized carbons (Fsp3) is 0.333. The van der Waals surface area contributed by atoms with Gasteiger partial charge in [-0.3, -0.25) is 0 Å². The Hall–Kier alpha value is -1.25. The van der Waals surface area contributed by atoms with Crippen LogP contribution < -0.4 is 5.73 Å². The van der Waals surface area contributed by atoms with Crippen molar-refractivity contribution in [2.24, 2.45) is 5.73 Å². The molecule has 0 spiro atoms. The van der Waals surface area contributed by atoms with Crippen LogP contribution in [0.5, 0.6) is 0 Å². The van der Waals surface area contributed by atoms with E-state index in [1.54, 1.807) is 0 Å². The molecule has 0 aliphatic heterocycles. The molecule has 2 heteroatoms. The highest BCUT2D eigenvalue weighted by molar-refractivity contribution is 7.99. The Bertz CT molecular complexity index is 540. The van der Waals surface area contributed by atoms with Gasteiger partial charge in [-0.15, -0.1) is 11.8 Å². The van der Waals surface area contributed by atoms with Crippen molar-refractivity contribution < 1.29 is 0 Å². The second-order valence-electron chi connectivity index (χ2n) is 5.31. The molecule has 0 heterocycles. The fourth-order valence-electron chi connectivity index (χ4n) is 2.54. The van der Waals surface area contributed by atoms with Crippen LogP contribution in [0.3, 0.4) is 0 Å². The molecule has 0 radical (unpaired) electrons. The molecule has 1 unspecified atom stereocenters. The van der Waals surface area contributed by atoms with Crippen LogP contribution in [0.15, 0.2) is 47.4 Å². The number of hydrogen-bond acceptors (Lipinski definition) is 2. The van der Waals surface area contributed by atoms with Crippen LogP contribution in [0.25, 0.3) is 0 Å². The van der Waals surface area contributed by atoms with Gasteiger partial charge < -0.3 is 5.73 Å². The maximum Gasteiger partial charge on any atom is 0.0335 e. The molecule has 2 aromatic rings. The van der Waals surface area contributed by atoms with Gasteiger partial charge in [-0.25, -0.2) is 0 Å². The molecule has 0 amide bonds. The van der Waals surface area contributed by atoms with Gasteiger partial charge >= 0.3 is 0 Å². The standard InChI is InChI=1S/C18H23NS/c1-4-20-17-7-5-16(6-8-17)18(19)12-15-10-13(2)9-14(3)11-15/h5-11,18H,4,12,19H2,1-3H3. The average molecular weight is 285 g/mol. The van der Waals surface area contributed by atoms with E-state index in [9.17, 15) is 0 Å². The van der Waals surface area contributed by atoms with Gasteiger partial charge in [0.05, 0.1) is 0 Å². The molecule has 0 bridgehead atoms. The summed E-state index contributed by atoms with van der Waals surface area (Å²) in [6.07, 6.45) is 0.892. The molecule has 2 N–H and O–H groups in total. The predicted molar refractivity (Wildman–Crippen MR) is 89.4 cm³/mol. The fourth-order valence-corrected chi connectivity index (χ4v) is 3.20. The van der Waals surface area contributed by atoms with Gasteiger partial charge in [-0.05, 0) is 49.3 Å². The molecule has 106 valence electrons. The van der Waals surface area contributed by atoms with E-state index >= 15 is 0 Å². The van der Waals surface area contributed by atoms with Crippen molar-refractivity contribution in [1.82, 2.24) is 0 Å². The van der Waals surface area contributed by atoms with Gasteiger partial charge in [0.1, 0.15) is 0 Å². The first kappa shape index (κ1) is 15.1. The summed E-state index contributed by atoms with van der Waals surface area (Å²) in [4.78, 5) is 1.31. The third-order valence-electron chi connectivity index (χ3n) is 3.36. The summed E-state index contributed by atoms with van der Waals surface area (Å²) in [7, 11) is 0. The summed E-state index contributed by atoms with van der Waals surface area (Å²) in [6, 6.07) is 15.4. The molecule has 0 saturated carbocycles. The van der Waals surface area contributed by atoms with E-state index in [1.165, 1.54) is 27.1 Å². The number of hydrogen-bond donors (Lipinski definition) is 1. The van der Waals surface area contributed by atoms with Crippen molar-refractivity contribution >= 4 is 11.8 Å². The van der Waals surface area contributed by atoms with Gasteiger partial charge in [0.15, 0.2) is 0 Å². The second kappa shape index (κ2) is 6.96. The zero-order valence-electron chi connectivity index (χ0n) is 12.5. The maximum absolute atomic E-state index is 6.34. The highest BCUT2D eigenvalue weighted by Gasteiger charge is 2.08. The number of aryl methyl sites for hydroxylation is 2. The number of rotatable bonds is 5. The van der Waals surface area contributed by atoms with Crippen LogP contribution >= 0.6 is 11.8 Å². The topological polar surface area (TPSA) is 26.0 Å². The number of benzene rings is 2. The minimum atomic E-state index is 0.0666. The molecule has 0 aromatic heterocycles. The van der Waals surface area contributed by atoms with Gasteiger partial charge in [-0.2, -0.15) is 0 Å². The lowest BCUT2D eigenvalue weighted by atomic mass is 9.97. The largest absolute Gasteiger partial charge is 0.324 e. The quantitative estimate of drug-likeness (QED) is 0.809. The molecule has 0 aliphatic rings. The Morgan fingerprint density at radius 1 is 1.00 bits per heavy atom. The van der Waals surface area contributed by atoms with Crippen LogP contribution in [0.1, 0.15) is 35.2 Å². The molecule has 0 saturated heterocycles. The molecular formula is C18H23NS. The molecule has 0 fully saturated rings. The summed E-state index contributed by atoms with van der Waals surface area (Å²) < 4.78 is 0. The summed E-state index contributed by atoms with van der Waals surface area (Å²) in [5.41, 5.74) is 11.5. The van der Waals surface area contributed by atoms with E-state index in [-0.39, 0.29) is 6.04 Å². The van der Waals surface area contributed by atoms with E-state index in [4.69, 9.17) is 5.73 Å². The Morgan fingerprint density at radius 2 is 1.60 bits per heavy atom. The first-order valence-electron chi connectivity index (χ1n) is 7.14. The van der Waals surface area contributed by atoms with E-state index in [2.05, 4.69) is 63.2 Å². The lowest BCUT2D eigenvalue weighted by Gasteiger charge is -2.14. The Labute approximate surface area is 126 Å². The monoisotopic (exact) mass is 285 g/mol. The van der Waals surface area contributed by atoms with Crippen molar-refractivity contribution in [3.63, 3.8) is 0 Å². The van der Waals surface area contributed by atoms with Crippen molar-refractivity contribution in [1.29, 1.82) is 0 Å². The van der Waals surface area contributed by atoms with Gasteiger partial charge in [-0.1, -0.05) is 48.4 Å². The highest BCUT2D eigenvalue weighted by atomic mass is 32.2. The summed E-state index contributed by atoms with van der Waals surface area (Å²) in [6.45, 7) is 6.45. The molecule has 2 rings (SSSR count). The zero-order valence-corrected chi connectivity index (χ0v) is 13.3. The first-order chi connectivity index (χ1) is 9.58. The van der Waals surface area contributed by atoms with Crippen LogP contribution in [-0.4, -0.2) is 5.75 Å². The van der Waals surface area contributed by atoms with Crippen LogP contribution in [0, 0.1) is 13.8 Å². The smallest absolute Gasteiger partial charge is 0.0335 e. The van der Waals surface area contributed by atoms with Gasteiger partial charge in [0.2, 0.25) is 0 Å². The predicted octanol–water partition coefficient (Wildman–Crippen LogP) is 4.66. The van der Waals surface area contributed by atoms with E-state index in [1.807, 2.05) is 11.8 Å². The zero-order chi connectivity index (χ0) is 14.5. The molecule has 20 heavy (non-hydrogen) atoms. The van der Waals surface area contributed by atoms with E-state index in [0.717, 1.165) is 12.2 Å². The van der Waals surface area contributed by atoms with Crippen molar-refractivity contribution in [2.75, 3.05) is 5.75 Å². The van der Waals surface area contributed by atoms with Crippen LogP contribution in [-0.2, 0) is 6.42 Å². The van der Waals surface area contributed by atoms with Gasteiger partial charge in [0, 0.05) is 10.9 Å². The van der Waals surface area contributed by atoms with Gasteiger partial charge in [0.25, 0.3) is 0 Å². The summed E-state index contributed by atoms with van der Waals surface area (Å²) in [5.74, 6) is 1.11. The summed E-state index contributed by atoms with van der Waals surface area (Å²) in [5, 5.41) is 0. The molecule has 1 nitrogen and oxygen atoms in total. The average Bonchev–Trinajstić information content (AvgIpc) is 2.38. The van der Waals surface area contributed by atoms with Crippen LogP contribution in [0.4, 0.5) is 0 Å². The minimum Gasteiger partial charge on any atom is -0.324 e. The van der Waals surface area contributed by atoms with Crippen LogP contribution in [0.2, 0.25) is 0 Å². The Kier molecular flexibility index (Phi) is 5.27. The van der Waals surface area contributed by atoms with Crippen molar-refractivity contribution in [2.45, 2.75) is 38.1 Å². The second-order valence-corrected chi connectivity index (χ2v) is 6.65.